The molecule has 1 aromatic rings. The maximum atomic E-state index is 11.2. The zero-order chi connectivity index (χ0) is 10.9. The Balaban J connectivity index is 3.15. The summed E-state index contributed by atoms with van der Waals surface area (Å²) in [4.78, 5) is 11.2. The number of rotatable bonds is 1. The summed E-state index contributed by atoms with van der Waals surface area (Å²) < 4.78 is 5.20. The number of aromatic hydroxyl groups is 1. The fraction of sp³-hybridized carbons (Fsp3) is 0.500. The van der Waals surface area contributed by atoms with Crippen LogP contribution in [0.5, 0.6) is 5.75 Å². The van der Waals surface area contributed by atoms with Crippen molar-refractivity contribution in [2.45, 2.75) is 33.2 Å². The number of aryl methyl sites for hydroxylation is 1. The van der Waals surface area contributed by atoms with Gasteiger partial charge in [0.05, 0.1) is 0 Å². The van der Waals surface area contributed by atoms with Crippen LogP contribution in [0.2, 0.25) is 0 Å². The molecule has 0 unspecified atom stereocenters. The highest BCUT2D eigenvalue weighted by Gasteiger charge is 2.16. The van der Waals surface area contributed by atoms with E-state index in [9.17, 15) is 9.90 Å². The van der Waals surface area contributed by atoms with Gasteiger partial charge in [0, 0.05) is 11.6 Å². The van der Waals surface area contributed by atoms with Gasteiger partial charge in [0.2, 0.25) is 17.1 Å². The molecule has 0 fully saturated rings. The molecule has 0 atom stereocenters. The van der Waals surface area contributed by atoms with E-state index in [-0.39, 0.29) is 17.2 Å². The largest absolute Gasteiger partial charge is 0.500 e. The molecule has 0 radical (unpaired) electrons. The monoisotopic (exact) mass is 197 g/mol. The third-order valence-corrected chi connectivity index (χ3v) is 1.53. The molecular weight excluding hydrogens is 182 g/mol. The van der Waals surface area contributed by atoms with Gasteiger partial charge in [-0.1, -0.05) is 0 Å². The smallest absolute Gasteiger partial charge is 0.240 e. The van der Waals surface area contributed by atoms with Crippen molar-refractivity contribution >= 4 is 5.88 Å². The molecular formula is C10H15NO3. The second-order valence-corrected chi connectivity index (χ2v) is 4.27. The van der Waals surface area contributed by atoms with Gasteiger partial charge >= 0.3 is 0 Å². The first-order valence-electron chi connectivity index (χ1n) is 4.41. The summed E-state index contributed by atoms with van der Waals surface area (Å²) in [5.41, 5.74) is -0.693. The molecule has 1 aromatic heterocycles. The normalized spacial score (nSPS) is 11.4. The van der Waals surface area contributed by atoms with Gasteiger partial charge in [0.25, 0.3) is 0 Å². The zero-order valence-corrected chi connectivity index (χ0v) is 8.84. The van der Waals surface area contributed by atoms with Crippen LogP contribution in [-0.2, 0) is 0 Å². The van der Waals surface area contributed by atoms with Crippen LogP contribution in [-0.4, -0.2) is 10.6 Å². The lowest BCUT2D eigenvalue weighted by molar-refractivity contribution is 0.421. The molecule has 1 heterocycles. The molecule has 0 amide bonds. The average molecular weight is 197 g/mol. The summed E-state index contributed by atoms with van der Waals surface area (Å²) in [6.07, 6.45) is 0. The minimum atomic E-state index is -0.430. The molecule has 4 heteroatoms. The second-order valence-electron chi connectivity index (χ2n) is 4.27. The van der Waals surface area contributed by atoms with Crippen LogP contribution in [0.4, 0.5) is 5.88 Å². The van der Waals surface area contributed by atoms with Crippen LogP contribution in [0.1, 0.15) is 26.5 Å². The SMILES string of the molecule is Cc1cc(=O)c(O)c(NC(C)(C)C)o1. The van der Waals surface area contributed by atoms with Crippen LogP contribution in [0.3, 0.4) is 0 Å². The molecule has 0 bridgehead atoms. The predicted octanol–water partition coefficient (Wildman–Crippen LogP) is 1.86. The van der Waals surface area contributed by atoms with E-state index in [1.165, 1.54) is 6.07 Å². The van der Waals surface area contributed by atoms with Gasteiger partial charge in [0.15, 0.2) is 0 Å². The number of hydrogen-bond donors (Lipinski definition) is 2. The van der Waals surface area contributed by atoms with Gasteiger partial charge in [-0.05, 0) is 27.7 Å². The van der Waals surface area contributed by atoms with Crippen LogP contribution in [0.15, 0.2) is 15.3 Å². The molecule has 0 saturated heterocycles. The quantitative estimate of drug-likeness (QED) is 0.721. The zero-order valence-electron chi connectivity index (χ0n) is 8.84. The molecule has 0 saturated carbocycles. The minimum absolute atomic E-state index is 0.127. The van der Waals surface area contributed by atoms with Crippen molar-refractivity contribution in [3.63, 3.8) is 0 Å². The Kier molecular flexibility index (Phi) is 2.55. The second kappa shape index (κ2) is 3.36. The lowest BCUT2D eigenvalue weighted by Crippen LogP contribution is -2.26. The van der Waals surface area contributed by atoms with E-state index in [1.54, 1.807) is 6.92 Å². The summed E-state index contributed by atoms with van der Waals surface area (Å²) in [6.45, 7) is 7.40. The van der Waals surface area contributed by atoms with Gasteiger partial charge in [-0.25, -0.2) is 0 Å². The first kappa shape index (κ1) is 10.6. The van der Waals surface area contributed by atoms with E-state index in [0.29, 0.717) is 5.76 Å². The number of nitrogens with one attached hydrogen (secondary N) is 1. The van der Waals surface area contributed by atoms with Crippen LogP contribution in [0, 0.1) is 6.92 Å². The van der Waals surface area contributed by atoms with Crippen molar-refractivity contribution in [1.82, 2.24) is 0 Å². The average Bonchev–Trinajstić information content (AvgIpc) is 1.96. The van der Waals surface area contributed by atoms with Crippen molar-refractivity contribution < 1.29 is 9.52 Å². The highest BCUT2D eigenvalue weighted by Crippen LogP contribution is 2.23. The summed E-state index contributed by atoms with van der Waals surface area (Å²) in [6, 6.07) is 1.25. The molecule has 4 nitrogen and oxygen atoms in total. The third-order valence-electron chi connectivity index (χ3n) is 1.53. The Morgan fingerprint density at radius 3 is 2.50 bits per heavy atom. The number of anilines is 1. The Morgan fingerprint density at radius 2 is 2.00 bits per heavy atom. The van der Waals surface area contributed by atoms with E-state index in [4.69, 9.17) is 4.42 Å². The first-order valence-corrected chi connectivity index (χ1v) is 4.41. The maximum absolute atomic E-state index is 11.2. The molecule has 0 spiro atoms. The lowest BCUT2D eigenvalue weighted by Gasteiger charge is -2.21. The standard InChI is InChI=1S/C10H15NO3/c1-6-5-7(12)8(13)9(14-6)11-10(2,3)4/h5,11,13H,1-4H3. The molecule has 1 rings (SSSR count). The van der Waals surface area contributed by atoms with Gasteiger partial charge in [-0.15, -0.1) is 0 Å². The van der Waals surface area contributed by atoms with Crippen molar-refractivity contribution in [2.24, 2.45) is 0 Å². The summed E-state index contributed by atoms with van der Waals surface area (Å²) in [5.74, 6) is 0.229. The first-order chi connectivity index (χ1) is 6.29. The van der Waals surface area contributed by atoms with Gasteiger partial charge in [-0.3, -0.25) is 4.79 Å². The Hall–Kier alpha value is -1.45. The Labute approximate surface area is 82.6 Å². The van der Waals surface area contributed by atoms with E-state index >= 15 is 0 Å². The van der Waals surface area contributed by atoms with E-state index in [0.717, 1.165) is 0 Å². The molecule has 0 aromatic carbocycles. The van der Waals surface area contributed by atoms with Crippen LogP contribution < -0.4 is 10.7 Å². The van der Waals surface area contributed by atoms with E-state index in [2.05, 4.69) is 5.32 Å². The molecule has 14 heavy (non-hydrogen) atoms. The minimum Gasteiger partial charge on any atom is -0.500 e. The van der Waals surface area contributed by atoms with Gasteiger partial charge in [0.1, 0.15) is 5.76 Å². The summed E-state index contributed by atoms with van der Waals surface area (Å²) >= 11 is 0. The van der Waals surface area contributed by atoms with Crippen LogP contribution in [0.25, 0.3) is 0 Å². The Bertz CT molecular complexity index is 387. The van der Waals surface area contributed by atoms with Gasteiger partial charge < -0.3 is 14.8 Å². The van der Waals surface area contributed by atoms with Crippen molar-refractivity contribution in [3.8, 4) is 5.75 Å². The molecule has 78 valence electrons. The van der Waals surface area contributed by atoms with E-state index < -0.39 is 5.43 Å². The van der Waals surface area contributed by atoms with Crippen molar-refractivity contribution in [2.75, 3.05) is 5.32 Å². The molecule has 0 aliphatic rings. The molecule has 0 aliphatic carbocycles. The molecule has 0 aliphatic heterocycles. The van der Waals surface area contributed by atoms with Crippen LogP contribution >= 0.6 is 0 Å². The Morgan fingerprint density at radius 1 is 1.43 bits per heavy atom. The van der Waals surface area contributed by atoms with Crippen molar-refractivity contribution in [1.29, 1.82) is 0 Å². The summed E-state index contributed by atoms with van der Waals surface area (Å²) in [5, 5.41) is 12.3. The third kappa shape index (κ3) is 2.52. The highest BCUT2D eigenvalue weighted by molar-refractivity contribution is 5.47. The van der Waals surface area contributed by atoms with E-state index in [1.807, 2.05) is 20.8 Å². The number of hydrogen-bond acceptors (Lipinski definition) is 4. The summed E-state index contributed by atoms with van der Waals surface area (Å²) in [7, 11) is 0. The fourth-order valence-corrected chi connectivity index (χ4v) is 1.03. The maximum Gasteiger partial charge on any atom is 0.240 e. The fourth-order valence-electron chi connectivity index (χ4n) is 1.03. The lowest BCUT2D eigenvalue weighted by atomic mass is 10.1. The highest BCUT2D eigenvalue weighted by atomic mass is 16.4. The predicted molar refractivity (Wildman–Crippen MR) is 54.8 cm³/mol. The molecule has 2 N–H and O–H groups in total. The van der Waals surface area contributed by atoms with Gasteiger partial charge in [-0.2, -0.15) is 0 Å². The van der Waals surface area contributed by atoms with Crippen molar-refractivity contribution in [3.05, 3.63) is 22.0 Å². The topological polar surface area (TPSA) is 62.5 Å².